The zero-order valence-electron chi connectivity index (χ0n) is 21.1. The number of nitrogens with zero attached hydrogens (tertiary/aromatic N) is 5. The van der Waals surface area contributed by atoms with Crippen molar-refractivity contribution >= 4 is 57.0 Å². The van der Waals surface area contributed by atoms with Gasteiger partial charge in [0.2, 0.25) is 0 Å². The van der Waals surface area contributed by atoms with Crippen molar-refractivity contribution < 1.29 is 0 Å². The highest BCUT2D eigenvalue weighted by Gasteiger charge is 2.03. The Balaban J connectivity index is 1.39. The molecule has 0 N–H and O–H groups in total. The first-order valence-electron chi connectivity index (χ1n) is 11.9. The van der Waals surface area contributed by atoms with Gasteiger partial charge in [-0.2, -0.15) is 0 Å². The van der Waals surface area contributed by atoms with Gasteiger partial charge in [0.1, 0.15) is 0 Å². The number of anilines is 2. The van der Waals surface area contributed by atoms with Gasteiger partial charge in [-0.15, -0.1) is 0 Å². The molecule has 0 aliphatic rings. The van der Waals surface area contributed by atoms with Crippen LogP contribution in [-0.2, 0) is 0 Å². The summed E-state index contributed by atoms with van der Waals surface area (Å²) in [5.41, 5.74) is 8.04. The van der Waals surface area contributed by atoms with Gasteiger partial charge in [0.05, 0.1) is 22.4 Å². The second kappa shape index (κ2) is 10.0. The third-order valence-electron chi connectivity index (χ3n) is 6.12. The predicted octanol–water partition coefficient (Wildman–Crippen LogP) is 7.02. The molecule has 0 aliphatic carbocycles. The summed E-state index contributed by atoms with van der Waals surface area (Å²) in [6.07, 6.45) is 3.78. The van der Waals surface area contributed by atoms with Gasteiger partial charge >= 0.3 is 0 Å². The molecule has 0 saturated heterocycles. The summed E-state index contributed by atoms with van der Waals surface area (Å²) in [6, 6.07) is 31.1. The molecule has 0 aliphatic heterocycles. The van der Waals surface area contributed by atoms with E-state index in [1.54, 1.807) is 0 Å². The Morgan fingerprint density at radius 2 is 0.944 bits per heavy atom. The standard InChI is InChI=1S/C31H29N5/c1-35(2)28-13-5-22(6-14-28)20-32-26-11-9-24-17-25-10-12-27(19-31(25)34-30(24)18-26)33-21-23-7-15-29(16-8-23)36(3)4/h5-21H,1-4H3. The Hall–Kier alpha value is -4.51. The largest absolute Gasteiger partial charge is 0.378 e. The molecule has 0 radical (unpaired) electrons. The van der Waals surface area contributed by atoms with Gasteiger partial charge in [0, 0.05) is 62.8 Å². The molecule has 4 aromatic carbocycles. The van der Waals surface area contributed by atoms with Crippen LogP contribution in [0.5, 0.6) is 0 Å². The normalized spacial score (nSPS) is 11.7. The van der Waals surface area contributed by atoms with Crippen molar-refractivity contribution in [3.05, 3.63) is 102 Å². The van der Waals surface area contributed by atoms with Gasteiger partial charge in [0.15, 0.2) is 0 Å². The lowest BCUT2D eigenvalue weighted by Gasteiger charge is -2.11. The number of pyridine rings is 1. The predicted molar refractivity (Wildman–Crippen MR) is 155 cm³/mol. The summed E-state index contributed by atoms with van der Waals surface area (Å²) in [5.74, 6) is 0. The zero-order chi connectivity index (χ0) is 25.1. The van der Waals surface area contributed by atoms with Gasteiger partial charge in [-0.1, -0.05) is 36.4 Å². The Bertz CT molecular complexity index is 1450. The molecule has 5 nitrogen and oxygen atoms in total. The maximum Gasteiger partial charge on any atom is 0.0731 e. The van der Waals surface area contributed by atoms with Crippen LogP contribution in [0.3, 0.4) is 0 Å². The fourth-order valence-corrected chi connectivity index (χ4v) is 3.97. The summed E-state index contributed by atoms with van der Waals surface area (Å²) in [6.45, 7) is 0. The Labute approximate surface area is 212 Å². The number of benzene rings is 4. The van der Waals surface area contributed by atoms with Gasteiger partial charge in [-0.25, -0.2) is 4.98 Å². The molecule has 1 aromatic heterocycles. The second-order valence-corrected chi connectivity index (χ2v) is 9.23. The van der Waals surface area contributed by atoms with Crippen molar-refractivity contribution in [1.29, 1.82) is 0 Å². The lowest BCUT2D eigenvalue weighted by molar-refractivity contribution is 1.13. The number of rotatable bonds is 6. The number of fused-ring (bicyclic) bond motifs is 2. The van der Waals surface area contributed by atoms with Crippen molar-refractivity contribution in [2.24, 2.45) is 9.98 Å². The van der Waals surface area contributed by atoms with E-state index in [1.807, 2.05) is 64.9 Å². The molecule has 0 amide bonds. The van der Waals surface area contributed by atoms with E-state index in [1.165, 1.54) is 11.4 Å². The topological polar surface area (TPSA) is 44.1 Å². The molecular weight excluding hydrogens is 442 g/mol. The van der Waals surface area contributed by atoms with Crippen LogP contribution >= 0.6 is 0 Å². The van der Waals surface area contributed by atoms with Crippen LogP contribution in [0.2, 0.25) is 0 Å². The Morgan fingerprint density at radius 3 is 1.33 bits per heavy atom. The maximum absolute atomic E-state index is 4.91. The summed E-state index contributed by atoms with van der Waals surface area (Å²) < 4.78 is 0. The first-order chi connectivity index (χ1) is 17.4. The minimum absolute atomic E-state index is 0.876. The minimum Gasteiger partial charge on any atom is -0.378 e. The van der Waals surface area contributed by atoms with Gasteiger partial charge in [0.25, 0.3) is 0 Å². The van der Waals surface area contributed by atoms with E-state index >= 15 is 0 Å². The van der Waals surface area contributed by atoms with Crippen molar-refractivity contribution in [3.63, 3.8) is 0 Å². The van der Waals surface area contributed by atoms with Crippen molar-refractivity contribution in [3.8, 4) is 0 Å². The average Bonchev–Trinajstić information content (AvgIpc) is 2.89. The molecule has 5 aromatic rings. The van der Waals surface area contributed by atoms with Crippen molar-refractivity contribution in [1.82, 2.24) is 4.98 Å². The molecule has 1 heterocycles. The monoisotopic (exact) mass is 471 g/mol. The maximum atomic E-state index is 4.91. The first kappa shape index (κ1) is 23.2. The summed E-state index contributed by atoms with van der Waals surface area (Å²) in [5, 5.41) is 2.18. The molecule has 5 heteroatoms. The molecule has 5 rings (SSSR count). The fraction of sp³-hybridized carbons (Fsp3) is 0.129. The van der Waals surface area contributed by atoms with Crippen molar-refractivity contribution in [2.75, 3.05) is 38.0 Å². The SMILES string of the molecule is CN(C)c1ccc(C=Nc2ccc3cc4ccc(N=Cc5ccc(N(C)C)cc5)cc4nc3c2)cc1. The van der Waals surface area contributed by atoms with Crippen LogP contribution in [0.1, 0.15) is 11.1 Å². The summed E-state index contributed by atoms with van der Waals surface area (Å²) in [4.78, 5) is 18.4. The van der Waals surface area contributed by atoms with Crippen LogP contribution < -0.4 is 9.80 Å². The lowest BCUT2D eigenvalue weighted by Crippen LogP contribution is -2.08. The smallest absolute Gasteiger partial charge is 0.0731 e. The quantitative estimate of drug-likeness (QED) is 0.197. The fourth-order valence-electron chi connectivity index (χ4n) is 3.97. The first-order valence-corrected chi connectivity index (χ1v) is 11.9. The zero-order valence-corrected chi connectivity index (χ0v) is 21.1. The van der Waals surface area contributed by atoms with Gasteiger partial charge < -0.3 is 9.80 Å². The molecule has 0 fully saturated rings. The van der Waals surface area contributed by atoms with E-state index in [0.717, 1.165) is 44.3 Å². The van der Waals surface area contributed by atoms with E-state index in [9.17, 15) is 0 Å². The highest BCUT2D eigenvalue weighted by atomic mass is 15.1. The van der Waals surface area contributed by atoms with E-state index < -0.39 is 0 Å². The number of hydrogen-bond acceptors (Lipinski definition) is 5. The van der Waals surface area contributed by atoms with Crippen LogP contribution in [0.4, 0.5) is 22.7 Å². The van der Waals surface area contributed by atoms with Crippen molar-refractivity contribution in [2.45, 2.75) is 0 Å². The van der Waals surface area contributed by atoms with Crippen LogP contribution in [0.25, 0.3) is 21.8 Å². The molecular formula is C31H29N5. The Morgan fingerprint density at radius 1 is 0.528 bits per heavy atom. The molecule has 36 heavy (non-hydrogen) atoms. The highest BCUT2D eigenvalue weighted by Crippen LogP contribution is 2.26. The Kier molecular flexibility index (Phi) is 6.46. The molecule has 0 bridgehead atoms. The van der Waals surface area contributed by atoms with Gasteiger partial charge in [-0.05, 0) is 65.7 Å². The summed E-state index contributed by atoms with van der Waals surface area (Å²) >= 11 is 0. The summed E-state index contributed by atoms with van der Waals surface area (Å²) in [7, 11) is 8.14. The number of aliphatic imine (C=N–C) groups is 2. The third-order valence-corrected chi connectivity index (χ3v) is 6.12. The number of hydrogen-bond donors (Lipinski definition) is 0. The van der Waals surface area contributed by atoms with Gasteiger partial charge in [-0.3, -0.25) is 9.98 Å². The van der Waals surface area contributed by atoms with E-state index in [2.05, 4.69) is 86.5 Å². The molecule has 0 unspecified atom stereocenters. The molecule has 0 atom stereocenters. The average molecular weight is 472 g/mol. The minimum atomic E-state index is 0.876. The molecule has 0 saturated carbocycles. The van der Waals surface area contributed by atoms with Crippen LogP contribution in [0.15, 0.2) is 101 Å². The van der Waals surface area contributed by atoms with E-state index in [-0.39, 0.29) is 0 Å². The third kappa shape index (κ3) is 5.26. The molecule has 0 spiro atoms. The van der Waals surface area contributed by atoms with Crippen LogP contribution in [-0.4, -0.2) is 45.6 Å². The number of aromatic nitrogens is 1. The lowest BCUT2D eigenvalue weighted by atomic mass is 10.1. The molecule has 178 valence electrons. The van der Waals surface area contributed by atoms with E-state index in [4.69, 9.17) is 4.98 Å². The second-order valence-electron chi connectivity index (χ2n) is 9.23. The highest BCUT2D eigenvalue weighted by molar-refractivity contribution is 5.95. The van der Waals surface area contributed by atoms with Crippen LogP contribution in [0, 0.1) is 0 Å². The van der Waals surface area contributed by atoms with E-state index in [0.29, 0.717) is 0 Å².